The SMILES string of the molecule is COc1ccc([C@H](CC(=O)NCc2nnc3n2CCC3)c2ccccc2)cc1. The van der Waals surface area contributed by atoms with E-state index >= 15 is 0 Å². The largest absolute Gasteiger partial charge is 0.497 e. The van der Waals surface area contributed by atoms with Gasteiger partial charge < -0.3 is 14.6 Å². The van der Waals surface area contributed by atoms with Crippen LogP contribution in [0, 0.1) is 0 Å². The van der Waals surface area contributed by atoms with Crippen LogP contribution in [0.15, 0.2) is 54.6 Å². The predicted molar refractivity (Wildman–Crippen MR) is 106 cm³/mol. The van der Waals surface area contributed by atoms with Crippen molar-refractivity contribution in [1.29, 1.82) is 0 Å². The minimum atomic E-state index is -0.0174. The van der Waals surface area contributed by atoms with Gasteiger partial charge in [-0.15, -0.1) is 10.2 Å². The van der Waals surface area contributed by atoms with Crippen molar-refractivity contribution >= 4 is 5.91 Å². The molecule has 0 radical (unpaired) electrons. The number of benzene rings is 2. The van der Waals surface area contributed by atoms with E-state index in [1.807, 2.05) is 42.5 Å². The number of hydrogen-bond acceptors (Lipinski definition) is 4. The number of amides is 1. The molecule has 0 spiro atoms. The fourth-order valence-corrected chi connectivity index (χ4v) is 3.73. The van der Waals surface area contributed by atoms with Gasteiger partial charge in [-0.1, -0.05) is 42.5 Å². The maximum absolute atomic E-state index is 12.7. The highest BCUT2D eigenvalue weighted by molar-refractivity contribution is 5.77. The van der Waals surface area contributed by atoms with Crippen LogP contribution >= 0.6 is 0 Å². The van der Waals surface area contributed by atoms with Gasteiger partial charge in [-0.3, -0.25) is 4.79 Å². The zero-order chi connectivity index (χ0) is 19.3. The third-order valence-corrected chi connectivity index (χ3v) is 5.24. The minimum Gasteiger partial charge on any atom is -0.497 e. The smallest absolute Gasteiger partial charge is 0.221 e. The summed E-state index contributed by atoms with van der Waals surface area (Å²) in [6.07, 6.45) is 2.44. The van der Waals surface area contributed by atoms with Crippen LogP contribution in [0.5, 0.6) is 5.75 Å². The molecule has 0 saturated heterocycles. The number of methoxy groups -OCH3 is 1. The van der Waals surface area contributed by atoms with Crippen molar-refractivity contribution in [1.82, 2.24) is 20.1 Å². The summed E-state index contributed by atoms with van der Waals surface area (Å²) in [5.74, 6) is 2.64. The van der Waals surface area contributed by atoms with E-state index in [1.165, 1.54) is 0 Å². The van der Waals surface area contributed by atoms with Gasteiger partial charge in [0.15, 0.2) is 5.82 Å². The molecule has 0 aliphatic carbocycles. The van der Waals surface area contributed by atoms with Crippen molar-refractivity contribution < 1.29 is 9.53 Å². The molecule has 1 aliphatic heterocycles. The van der Waals surface area contributed by atoms with Gasteiger partial charge in [-0.2, -0.15) is 0 Å². The third kappa shape index (κ3) is 3.91. The number of aryl methyl sites for hydroxylation is 1. The molecule has 2 heterocycles. The van der Waals surface area contributed by atoms with Crippen molar-refractivity contribution in [2.45, 2.75) is 38.3 Å². The molecule has 4 rings (SSSR count). The molecule has 1 atom stereocenters. The Hall–Kier alpha value is -3.15. The maximum Gasteiger partial charge on any atom is 0.221 e. The Bertz CT molecular complexity index is 935. The van der Waals surface area contributed by atoms with Crippen LogP contribution in [0.1, 0.15) is 41.5 Å². The highest BCUT2D eigenvalue weighted by Gasteiger charge is 2.20. The van der Waals surface area contributed by atoms with E-state index < -0.39 is 0 Å². The van der Waals surface area contributed by atoms with Gasteiger partial charge in [0.1, 0.15) is 11.6 Å². The van der Waals surface area contributed by atoms with Gasteiger partial charge in [-0.25, -0.2) is 0 Å². The van der Waals surface area contributed by atoms with Crippen LogP contribution in [0.2, 0.25) is 0 Å². The number of fused-ring (bicyclic) bond motifs is 1. The molecule has 28 heavy (non-hydrogen) atoms. The minimum absolute atomic E-state index is 0.0000167. The number of rotatable bonds is 7. The molecule has 6 nitrogen and oxygen atoms in total. The van der Waals surface area contributed by atoms with E-state index in [4.69, 9.17) is 4.74 Å². The summed E-state index contributed by atoms with van der Waals surface area (Å²) >= 11 is 0. The molecular formula is C22H24N4O2. The van der Waals surface area contributed by atoms with Crippen molar-refractivity contribution in [2.75, 3.05) is 7.11 Å². The van der Waals surface area contributed by atoms with Crippen LogP contribution < -0.4 is 10.1 Å². The summed E-state index contributed by atoms with van der Waals surface area (Å²) in [6, 6.07) is 18.0. The Kier molecular flexibility index (Phi) is 5.37. The summed E-state index contributed by atoms with van der Waals surface area (Å²) < 4.78 is 7.37. The average molecular weight is 376 g/mol. The monoisotopic (exact) mass is 376 g/mol. The lowest BCUT2D eigenvalue weighted by Crippen LogP contribution is -2.26. The second-order valence-corrected chi connectivity index (χ2v) is 7.00. The summed E-state index contributed by atoms with van der Waals surface area (Å²) in [5.41, 5.74) is 2.21. The van der Waals surface area contributed by atoms with Crippen molar-refractivity contribution in [3.63, 3.8) is 0 Å². The number of aromatic nitrogens is 3. The number of nitrogens with one attached hydrogen (secondary N) is 1. The van der Waals surface area contributed by atoms with E-state index in [1.54, 1.807) is 7.11 Å². The molecule has 0 saturated carbocycles. The number of carbonyl (C=O) groups excluding carboxylic acids is 1. The molecule has 0 unspecified atom stereocenters. The lowest BCUT2D eigenvalue weighted by atomic mass is 9.88. The second-order valence-electron chi connectivity index (χ2n) is 7.00. The summed E-state index contributed by atoms with van der Waals surface area (Å²) in [5, 5.41) is 11.4. The fraction of sp³-hybridized carbons (Fsp3) is 0.318. The maximum atomic E-state index is 12.7. The Morgan fingerprint density at radius 3 is 2.61 bits per heavy atom. The summed E-state index contributed by atoms with van der Waals surface area (Å²) in [7, 11) is 1.65. The zero-order valence-electron chi connectivity index (χ0n) is 16.0. The topological polar surface area (TPSA) is 69.0 Å². The molecule has 0 bridgehead atoms. The molecule has 3 aromatic rings. The first-order chi connectivity index (χ1) is 13.7. The van der Waals surface area contributed by atoms with Crippen molar-refractivity contribution in [3.05, 3.63) is 77.4 Å². The Balaban J connectivity index is 1.47. The lowest BCUT2D eigenvalue weighted by molar-refractivity contribution is -0.121. The van der Waals surface area contributed by atoms with Crippen molar-refractivity contribution in [3.8, 4) is 5.75 Å². The summed E-state index contributed by atoms with van der Waals surface area (Å²) in [6.45, 7) is 1.35. The first-order valence-electron chi connectivity index (χ1n) is 9.61. The highest BCUT2D eigenvalue weighted by atomic mass is 16.5. The molecule has 144 valence electrons. The van der Waals surface area contributed by atoms with Crippen LogP contribution in [-0.2, 0) is 24.3 Å². The molecule has 2 aromatic carbocycles. The standard InChI is InChI=1S/C22H24N4O2/c1-28-18-11-9-17(10-12-18)19(16-6-3-2-4-7-16)14-22(27)23-15-21-25-24-20-8-5-13-26(20)21/h2-4,6-7,9-12,19H,5,8,13-15H2,1H3,(H,23,27)/t19-/m1/s1. The Labute approximate surface area is 164 Å². The number of carbonyl (C=O) groups is 1. The van der Waals surface area contributed by atoms with E-state index in [2.05, 4.69) is 32.2 Å². The fourth-order valence-electron chi connectivity index (χ4n) is 3.73. The molecule has 1 aromatic heterocycles. The summed E-state index contributed by atoms with van der Waals surface area (Å²) in [4.78, 5) is 12.7. The van der Waals surface area contributed by atoms with Gasteiger partial charge >= 0.3 is 0 Å². The van der Waals surface area contributed by atoms with Crippen molar-refractivity contribution in [2.24, 2.45) is 0 Å². The quantitative estimate of drug-likeness (QED) is 0.688. The van der Waals surface area contributed by atoms with Gasteiger partial charge in [0.25, 0.3) is 0 Å². The van der Waals surface area contributed by atoms with Crippen LogP contribution in [0.4, 0.5) is 0 Å². The van der Waals surface area contributed by atoms with Crippen LogP contribution in [0.25, 0.3) is 0 Å². The van der Waals surface area contributed by atoms with E-state index in [-0.39, 0.29) is 11.8 Å². The predicted octanol–water partition coefficient (Wildman–Crippen LogP) is 3.07. The number of nitrogens with zero attached hydrogens (tertiary/aromatic N) is 3. The van der Waals surface area contributed by atoms with E-state index in [0.29, 0.717) is 13.0 Å². The second kappa shape index (κ2) is 8.25. The van der Waals surface area contributed by atoms with Gasteiger partial charge in [0.2, 0.25) is 5.91 Å². The Morgan fingerprint density at radius 1 is 1.11 bits per heavy atom. The first-order valence-corrected chi connectivity index (χ1v) is 9.61. The van der Waals surface area contributed by atoms with Gasteiger partial charge in [0.05, 0.1) is 13.7 Å². The number of ether oxygens (including phenoxy) is 1. The molecule has 6 heteroatoms. The first kappa shape index (κ1) is 18.2. The van der Waals surface area contributed by atoms with Crippen LogP contribution in [-0.4, -0.2) is 27.8 Å². The van der Waals surface area contributed by atoms with E-state index in [0.717, 1.165) is 47.9 Å². The van der Waals surface area contributed by atoms with Crippen LogP contribution in [0.3, 0.4) is 0 Å². The third-order valence-electron chi connectivity index (χ3n) is 5.24. The lowest BCUT2D eigenvalue weighted by Gasteiger charge is -2.18. The molecule has 1 aliphatic rings. The molecule has 1 amide bonds. The highest BCUT2D eigenvalue weighted by Crippen LogP contribution is 2.29. The van der Waals surface area contributed by atoms with Gasteiger partial charge in [0, 0.05) is 25.3 Å². The molecule has 1 N–H and O–H groups in total. The van der Waals surface area contributed by atoms with Gasteiger partial charge in [-0.05, 0) is 29.7 Å². The molecule has 0 fully saturated rings. The molecular weight excluding hydrogens is 352 g/mol. The normalized spacial score (nSPS) is 13.8. The average Bonchev–Trinajstić information content (AvgIpc) is 3.35. The number of hydrogen-bond donors (Lipinski definition) is 1. The zero-order valence-corrected chi connectivity index (χ0v) is 16.0. The Morgan fingerprint density at radius 2 is 1.86 bits per heavy atom. The van der Waals surface area contributed by atoms with E-state index in [9.17, 15) is 4.79 Å².